The highest BCUT2D eigenvalue weighted by atomic mass is 32.1. The Morgan fingerprint density at radius 1 is 1.33 bits per heavy atom. The molecule has 0 rings (SSSR count). The third-order valence-electron chi connectivity index (χ3n) is 2.56. The molecule has 0 N–H and O–H groups in total. The highest BCUT2D eigenvalue weighted by Gasteiger charge is 2.38. The molecule has 74 valence electrons. The van der Waals surface area contributed by atoms with Crippen molar-refractivity contribution in [1.29, 1.82) is 0 Å². The first kappa shape index (κ1) is 12.5. The Kier molecular flexibility index (Phi) is 4.34. The van der Waals surface area contributed by atoms with Gasteiger partial charge in [0.25, 0.3) is 0 Å². The van der Waals surface area contributed by atoms with E-state index in [1.54, 1.807) is 0 Å². The first-order valence-corrected chi connectivity index (χ1v) is 8.03. The average Bonchev–Trinajstić information content (AvgIpc) is 1.84. The summed E-state index contributed by atoms with van der Waals surface area (Å²) in [5.74, 6) is 0.812. The second-order valence-corrected chi connectivity index (χ2v) is 9.99. The van der Waals surface area contributed by atoms with Gasteiger partial charge in [0.15, 0.2) is 8.32 Å². The van der Waals surface area contributed by atoms with E-state index in [0.717, 1.165) is 5.75 Å². The lowest BCUT2D eigenvalue weighted by molar-refractivity contribution is 0.222. The molecule has 0 radical (unpaired) electrons. The summed E-state index contributed by atoms with van der Waals surface area (Å²) in [5, 5.41) is 0.310. The third kappa shape index (κ3) is 3.50. The van der Waals surface area contributed by atoms with Gasteiger partial charge >= 0.3 is 0 Å². The van der Waals surface area contributed by atoms with Crippen molar-refractivity contribution in [3.63, 3.8) is 0 Å². The second-order valence-electron chi connectivity index (χ2n) is 4.87. The molecule has 0 aliphatic carbocycles. The van der Waals surface area contributed by atoms with Gasteiger partial charge in [-0.25, -0.2) is 0 Å². The largest absolute Gasteiger partial charge is 0.413 e. The zero-order valence-corrected chi connectivity index (χ0v) is 11.0. The van der Waals surface area contributed by atoms with Crippen LogP contribution in [-0.2, 0) is 4.43 Å². The number of hydrogen-bond acceptors (Lipinski definition) is 2. The fraction of sp³-hybridized carbons (Fsp3) is 1.00. The molecule has 0 heterocycles. The van der Waals surface area contributed by atoms with Crippen molar-refractivity contribution in [2.24, 2.45) is 0 Å². The van der Waals surface area contributed by atoms with Crippen LogP contribution in [0.15, 0.2) is 0 Å². The van der Waals surface area contributed by atoms with Crippen LogP contribution in [0.4, 0.5) is 0 Å². The average molecular weight is 206 g/mol. The van der Waals surface area contributed by atoms with E-state index < -0.39 is 8.32 Å². The van der Waals surface area contributed by atoms with E-state index in [2.05, 4.69) is 53.4 Å². The van der Waals surface area contributed by atoms with E-state index in [1.165, 1.54) is 0 Å². The summed E-state index contributed by atoms with van der Waals surface area (Å²) in [6.07, 6.45) is 0.286. The predicted molar refractivity (Wildman–Crippen MR) is 61.6 cm³/mol. The second kappa shape index (κ2) is 4.16. The number of hydrogen-bond donors (Lipinski definition) is 1. The summed E-state index contributed by atoms with van der Waals surface area (Å²) in [5.41, 5.74) is 0. The highest BCUT2D eigenvalue weighted by molar-refractivity contribution is 7.80. The smallest absolute Gasteiger partial charge is 0.192 e. The standard InChI is InChI=1S/C9H22OSSi/c1-8(7-11)10-12(5,6)9(2,3)4/h8,11H,7H2,1-6H3. The van der Waals surface area contributed by atoms with Gasteiger partial charge in [-0.1, -0.05) is 20.8 Å². The molecule has 0 aromatic heterocycles. The molecule has 0 saturated carbocycles. The molecule has 12 heavy (non-hydrogen) atoms. The summed E-state index contributed by atoms with van der Waals surface area (Å²) in [7, 11) is -1.54. The summed E-state index contributed by atoms with van der Waals surface area (Å²) < 4.78 is 6.01. The van der Waals surface area contributed by atoms with Crippen LogP contribution in [0.3, 0.4) is 0 Å². The van der Waals surface area contributed by atoms with Crippen molar-refractivity contribution in [3.05, 3.63) is 0 Å². The van der Waals surface area contributed by atoms with Crippen LogP contribution >= 0.6 is 12.6 Å². The highest BCUT2D eigenvalue weighted by Crippen LogP contribution is 2.37. The minimum absolute atomic E-state index is 0.286. The molecule has 0 saturated heterocycles. The fourth-order valence-electron chi connectivity index (χ4n) is 0.717. The molecule has 1 atom stereocenters. The minimum Gasteiger partial charge on any atom is -0.413 e. The molecular weight excluding hydrogens is 184 g/mol. The third-order valence-corrected chi connectivity index (χ3v) is 7.68. The predicted octanol–water partition coefficient (Wildman–Crippen LogP) is 3.33. The van der Waals surface area contributed by atoms with Crippen LogP contribution in [0, 0.1) is 0 Å². The van der Waals surface area contributed by atoms with Crippen molar-refractivity contribution in [2.45, 2.75) is 51.9 Å². The maximum absolute atomic E-state index is 6.01. The Bertz CT molecular complexity index is 140. The Morgan fingerprint density at radius 2 is 1.75 bits per heavy atom. The van der Waals surface area contributed by atoms with Gasteiger partial charge in [-0.15, -0.1) is 0 Å². The molecule has 0 aromatic carbocycles. The van der Waals surface area contributed by atoms with Crippen LogP contribution in [0.2, 0.25) is 18.1 Å². The lowest BCUT2D eigenvalue weighted by Gasteiger charge is -2.38. The van der Waals surface area contributed by atoms with Gasteiger partial charge in [0.05, 0.1) is 6.10 Å². The van der Waals surface area contributed by atoms with Gasteiger partial charge in [0.2, 0.25) is 0 Å². The quantitative estimate of drug-likeness (QED) is 0.550. The van der Waals surface area contributed by atoms with Crippen LogP contribution < -0.4 is 0 Å². The first-order valence-electron chi connectivity index (χ1n) is 4.49. The molecule has 0 aromatic rings. The van der Waals surface area contributed by atoms with Gasteiger partial charge in [-0.2, -0.15) is 12.6 Å². The molecular formula is C9H22OSSi. The summed E-state index contributed by atoms with van der Waals surface area (Å²) in [4.78, 5) is 0. The van der Waals surface area contributed by atoms with E-state index >= 15 is 0 Å². The molecule has 0 aliphatic rings. The van der Waals surface area contributed by atoms with Crippen LogP contribution in [0.5, 0.6) is 0 Å². The molecule has 0 amide bonds. The molecule has 1 nitrogen and oxygen atoms in total. The SMILES string of the molecule is CC(CS)O[Si](C)(C)C(C)(C)C. The van der Waals surface area contributed by atoms with Gasteiger partial charge < -0.3 is 4.43 Å². The Morgan fingerprint density at radius 3 is 2.00 bits per heavy atom. The lowest BCUT2D eigenvalue weighted by Crippen LogP contribution is -2.43. The molecule has 0 fully saturated rings. The summed E-state index contributed by atoms with van der Waals surface area (Å²) in [6, 6.07) is 0. The Balaban J connectivity index is 4.22. The molecule has 0 bridgehead atoms. The van der Waals surface area contributed by atoms with E-state index in [9.17, 15) is 0 Å². The minimum atomic E-state index is -1.54. The van der Waals surface area contributed by atoms with Gasteiger partial charge in [-0.3, -0.25) is 0 Å². The normalized spacial score (nSPS) is 16.2. The fourth-order valence-corrected chi connectivity index (χ4v) is 2.37. The van der Waals surface area contributed by atoms with E-state index in [1.807, 2.05) is 0 Å². The van der Waals surface area contributed by atoms with Crippen LogP contribution in [-0.4, -0.2) is 20.2 Å². The zero-order chi connectivity index (χ0) is 9.99. The van der Waals surface area contributed by atoms with Gasteiger partial charge in [-0.05, 0) is 25.1 Å². The zero-order valence-electron chi connectivity index (χ0n) is 9.14. The first-order chi connectivity index (χ1) is 5.20. The molecule has 0 aliphatic heterocycles. The van der Waals surface area contributed by atoms with Crippen molar-refractivity contribution in [2.75, 3.05) is 5.75 Å². The van der Waals surface area contributed by atoms with Crippen molar-refractivity contribution in [3.8, 4) is 0 Å². The van der Waals surface area contributed by atoms with Crippen LogP contribution in [0.1, 0.15) is 27.7 Å². The van der Waals surface area contributed by atoms with Crippen molar-refractivity contribution >= 4 is 20.9 Å². The van der Waals surface area contributed by atoms with Crippen molar-refractivity contribution in [1.82, 2.24) is 0 Å². The lowest BCUT2D eigenvalue weighted by atomic mass is 10.2. The maximum Gasteiger partial charge on any atom is 0.192 e. The van der Waals surface area contributed by atoms with E-state index in [-0.39, 0.29) is 6.10 Å². The summed E-state index contributed by atoms with van der Waals surface area (Å²) >= 11 is 4.22. The Hall–Kier alpha value is 0.527. The topological polar surface area (TPSA) is 9.23 Å². The maximum atomic E-state index is 6.01. The molecule has 0 spiro atoms. The molecule has 1 unspecified atom stereocenters. The van der Waals surface area contributed by atoms with Gasteiger partial charge in [0, 0.05) is 5.75 Å². The Labute approximate surface area is 83.4 Å². The summed E-state index contributed by atoms with van der Waals surface area (Å²) in [6.45, 7) is 13.4. The monoisotopic (exact) mass is 206 g/mol. The van der Waals surface area contributed by atoms with E-state index in [0.29, 0.717) is 5.04 Å². The number of rotatable bonds is 3. The van der Waals surface area contributed by atoms with Gasteiger partial charge in [0.1, 0.15) is 0 Å². The van der Waals surface area contributed by atoms with E-state index in [4.69, 9.17) is 4.43 Å². The molecule has 3 heteroatoms. The van der Waals surface area contributed by atoms with Crippen molar-refractivity contribution < 1.29 is 4.43 Å². The number of thiol groups is 1. The van der Waals surface area contributed by atoms with Crippen LogP contribution in [0.25, 0.3) is 0 Å².